The van der Waals surface area contributed by atoms with Crippen LogP contribution in [0.2, 0.25) is 0 Å². The molecule has 0 fully saturated rings. The molecule has 1 amide bonds. The van der Waals surface area contributed by atoms with Gasteiger partial charge in [-0.05, 0) is 68.2 Å². The Hall–Kier alpha value is -3.86. The van der Waals surface area contributed by atoms with Gasteiger partial charge in [-0.15, -0.1) is 0 Å². The number of fused-ring (bicyclic) bond motifs is 1. The highest BCUT2D eigenvalue weighted by Crippen LogP contribution is 2.38. The first-order valence-electron chi connectivity index (χ1n) is 11.1. The number of pyridine rings is 1. The molecule has 168 valence electrons. The lowest BCUT2D eigenvalue weighted by molar-refractivity contribution is -0.116. The summed E-state index contributed by atoms with van der Waals surface area (Å²) in [5.41, 5.74) is 8.02. The van der Waals surface area contributed by atoms with Crippen LogP contribution in [0.4, 0.5) is 0 Å². The molecule has 0 bridgehead atoms. The number of nitrogens with zero attached hydrogens (tertiary/aromatic N) is 1. The summed E-state index contributed by atoms with van der Waals surface area (Å²) in [7, 11) is 0. The minimum Gasteiger partial charge on any atom is -0.493 e. The Balaban J connectivity index is 1.69. The van der Waals surface area contributed by atoms with E-state index in [1.165, 1.54) is 11.1 Å². The van der Waals surface area contributed by atoms with Crippen molar-refractivity contribution in [2.75, 3.05) is 6.61 Å². The number of allylic oxidation sites excluding steroid dienone is 1. The summed E-state index contributed by atoms with van der Waals surface area (Å²) in [5, 5.41) is 3.92. The second-order valence-electron chi connectivity index (χ2n) is 8.15. The van der Waals surface area contributed by atoms with Crippen molar-refractivity contribution in [3.8, 4) is 16.9 Å². The zero-order valence-corrected chi connectivity index (χ0v) is 19.4. The first kappa shape index (κ1) is 22.3. The van der Waals surface area contributed by atoms with Crippen LogP contribution in [0, 0.1) is 13.8 Å². The highest BCUT2D eigenvalue weighted by Gasteiger charge is 2.16. The molecule has 0 unspecified atom stereocenters. The number of nitrogens with one attached hydrogen (secondary N) is 1. The van der Waals surface area contributed by atoms with Crippen LogP contribution in [-0.2, 0) is 11.3 Å². The Bertz CT molecular complexity index is 1320. The summed E-state index contributed by atoms with van der Waals surface area (Å²) in [5.74, 6) is 0.538. The molecule has 2 aromatic carbocycles. The van der Waals surface area contributed by atoms with Gasteiger partial charge in [0.2, 0.25) is 5.91 Å². The van der Waals surface area contributed by atoms with Gasteiger partial charge in [-0.25, -0.2) is 0 Å². The predicted octanol–water partition coefficient (Wildman–Crippen LogP) is 6.23. The number of ether oxygens (including phenoxy) is 1. The monoisotopic (exact) mass is 440 g/mol. The maximum absolute atomic E-state index is 12.6. The second-order valence-corrected chi connectivity index (χ2v) is 8.15. The zero-order valence-electron chi connectivity index (χ0n) is 19.4. The van der Waals surface area contributed by atoms with Gasteiger partial charge < -0.3 is 14.5 Å². The van der Waals surface area contributed by atoms with E-state index in [4.69, 9.17) is 9.15 Å². The summed E-state index contributed by atoms with van der Waals surface area (Å²) in [6.07, 6.45) is 6.83. The highest BCUT2D eigenvalue weighted by molar-refractivity contribution is 6.00. The van der Waals surface area contributed by atoms with E-state index < -0.39 is 0 Å². The first-order chi connectivity index (χ1) is 16.0. The minimum absolute atomic E-state index is 0.159. The molecule has 5 heteroatoms. The number of hydrogen-bond donors (Lipinski definition) is 1. The number of aromatic nitrogens is 1. The molecule has 4 rings (SSSR count). The van der Waals surface area contributed by atoms with Gasteiger partial charge in [-0.3, -0.25) is 9.78 Å². The minimum atomic E-state index is -0.159. The molecule has 0 saturated carbocycles. The smallest absolute Gasteiger partial charge is 0.244 e. The Labute approximate surface area is 194 Å². The maximum Gasteiger partial charge on any atom is 0.244 e. The third kappa shape index (κ3) is 4.98. The molecule has 0 spiro atoms. The topological polar surface area (TPSA) is 64.4 Å². The van der Waals surface area contributed by atoms with Gasteiger partial charge >= 0.3 is 0 Å². The first-order valence-corrected chi connectivity index (χ1v) is 11.1. The van der Waals surface area contributed by atoms with Crippen molar-refractivity contribution in [1.82, 2.24) is 10.3 Å². The number of rotatable bonds is 7. The number of benzene rings is 2. The lowest BCUT2D eigenvalue weighted by Gasteiger charge is -2.12. The van der Waals surface area contributed by atoms with E-state index in [1.807, 2.05) is 32.0 Å². The number of carbonyl (C=O) groups is 1. The molecule has 1 N–H and O–H groups in total. The van der Waals surface area contributed by atoms with Crippen LogP contribution in [-0.4, -0.2) is 17.5 Å². The van der Waals surface area contributed by atoms with Gasteiger partial charge in [0.05, 0.1) is 12.9 Å². The number of carbonyl (C=O) groups excluding carboxylic acids is 1. The van der Waals surface area contributed by atoms with Crippen LogP contribution in [0.25, 0.3) is 27.7 Å². The average molecular weight is 441 g/mol. The summed E-state index contributed by atoms with van der Waals surface area (Å²) >= 11 is 0. The van der Waals surface area contributed by atoms with E-state index in [2.05, 4.69) is 48.4 Å². The van der Waals surface area contributed by atoms with E-state index >= 15 is 0 Å². The molecule has 0 saturated heterocycles. The summed E-state index contributed by atoms with van der Waals surface area (Å²) < 4.78 is 11.8. The fraction of sp³-hybridized carbons (Fsp3) is 0.214. The Morgan fingerprint density at radius 1 is 1.09 bits per heavy atom. The fourth-order valence-electron chi connectivity index (χ4n) is 3.98. The van der Waals surface area contributed by atoms with Gasteiger partial charge in [-0.1, -0.05) is 23.8 Å². The van der Waals surface area contributed by atoms with Crippen molar-refractivity contribution in [1.29, 1.82) is 0 Å². The quantitative estimate of drug-likeness (QED) is 0.346. The van der Waals surface area contributed by atoms with Crippen LogP contribution in [0.5, 0.6) is 5.75 Å². The van der Waals surface area contributed by atoms with Crippen molar-refractivity contribution in [3.05, 3.63) is 89.5 Å². The normalized spacial score (nSPS) is 11.6. The molecule has 0 atom stereocenters. The maximum atomic E-state index is 12.6. The molecule has 0 aliphatic carbocycles. The van der Waals surface area contributed by atoms with Gasteiger partial charge in [-0.2, -0.15) is 0 Å². The van der Waals surface area contributed by atoms with Crippen LogP contribution in [0.1, 0.15) is 36.1 Å². The molecule has 2 aromatic heterocycles. The predicted molar refractivity (Wildman–Crippen MR) is 132 cm³/mol. The van der Waals surface area contributed by atoms with E-state index in [1.54, 1.807) is 24.7 Å². The number of hydrogen-bond acceptors (Lipinski definition) is 4. The molecule has 0 radical (unpaired) electrons. The lowest BCUT2D eigenvalue weighted by atomic mass is 9.96. The zero-order chi connectivity index (χ0) is 23.4. The summed E-state index contributed by atoms with van der Waals surface area (Å²) in [6, 6.07) is 14.1. The van der Waals surface area contributed by atoms with Gasteiger partial charge in [0, 0.05) is 47.6 Å². The molecule has 4 aromatic rings. The third-order valence-electron chi connectivity index (χ3n) is 5.64. The highest BCUT2D eigenvalue weighted by atomic mass is 16.5. The second kappa shape index (κ2) is 9.74. The standard InChI is InChI=1S/C28H28N2O3/c1-5-32-26-15-27-24(25(17-33-27)22-7-6-18(2)12-19(22)3)14-23(26)20(4)13-28(31)30-16-21-8-10-29-11-9-21/h6-15,17H,5,16H2,1-4H3,(H,30,31)/b20-13+. The van der Waals surface area contributed by atoms with Crippen molar-refractivity contribution in [3.63, 3.8) is 0 Å². The van der Waals surface area contributed by atoms with Crippen LogP contribution >= 0.6 is 0 Å². The number of amides is 1. The van der Waals surface area contributed by atoms with Crippen molar-refractivity contribution in [2.45, 2.75) is 34.2 Å². The number of aryl methyl sites for hydroxylation is 2. The van der Waals surface area contributed by atoms with Crippen molar-refractivity contribution in [2.24, 2.45) is 0 Å². The molecule has 33 heavy (non-hydrogen) atoms. The lowest BCUT2D eigenvalue weighted by Crippen LogP contribution is -2.20. The average Bonchev–Trinajstić information content (AvgIpc) is 3.20. The van der Waals surface area contributed by atoms with E-state index in [0.717, 1.165) is 38.8 Å². The Morgan fingerprint density at radius 3 is 2.61 bits per heavy atom. The van der Waals surface area contributed by atoms with Crippen LogP contribution < -0.4 is 10.1 Å². The largest absolute Gasteiger partial charge is 0.493 e. The van der Waals surface area contributed by atoms with Crippen LogP contribution in [0.15, 0.2) is 71.6 Å². The van der Waals surface area contributed by atoms with Gasteiger partial charge in [0.1, 0.15) is 11.3 Å². The summed E-state index contributed by atoms with van der Waals surface area (Å²) in [6.45, 7) is 9.02. The SMILES string of the molecule is CCOc1cc2occ(-c3ccc(C)cc3C)c2cc1/C(C)=C/C(=O)NCc1ccncc1. The summed E-state index contributed by atoms with van der Waals surface area (Å²) in [4.78, 5) is 16.6. The number of furan rings is 1. The van der Waals surface area contributed by atoms with Crippen molar-refractivity contribution < 1.29 is 13.9 Å². The molecule has 2 heterocycles. The van der Waals surface area contributed by atoms with E-state index in [0.29, 0.717) is 18.9 Å². The molecule has 5 nitrogen and oxygen atoms in total. The van der Waals surface area contributed by atoms with Gasteiger partial charge in [0.15, 0.2) is 0 Å². The Morgan fingerprint density at radius 2 is 1.88 bits per heavy atom. The molecule has 0 aliphatic heterocycles. The van der Waals surface area contributed by atoms with Crippen molar-refractivity contribution >= 4 is 22.4 Å². The molecular formula is C28H28N2O3. The Kier molecular flexibility index (Phi) is 6.59. The van der Waals surface area contributed by atoms with Gasteiger partial charge in [0.25, 0.3) is 0 Å². The molecular weight excluding hydrogens is 412 g/mol. The van der Waals surface area contributed by atoms with E-state index in [9.17, 15) is 4.79 Å². The molecule has 0 aliphatic rings. The van der Waals surface area contributed by atoms with Crippen LogP contribution in [0.3, 0.4) is 0 Å². The van der Waals surface area contributed by atoms with E-state index in [-0.39, 0.29) is 5.91 Å². The fourth-order valence-corrected chi connectivity index (χ4v) is 3.98. The third-order valence-corrected chi connectivity index (χ3v) is 5.64.